The molecule has 0 aliphatic carbocycles. The van der Waals surface area contributed by atoms with Crippen molar-refractivity contribution >= 4 is 27.9 Å². The smallest absolute Gasteiger partial charge is 0.337 e. The van der Waals surface area contributed by atoms with E-state index in [0.29, 0.717) is 35.6 Å². The standard InChI is InChI=1S/C22H23BrN2O4/c1-3-6-17-19(21(26)28-2)20(25-22(27)24-17)16-7-4-5-8-18(16)29-13-14-9-11-15(23)12-10-14/h4-5,7-12,20H,3,6,13H2,1-2H3,(H2,24,25,27). The number of carbonyl (C=O) groups excluding carboxylic acids is 2. The van der Waals surface area contributed by atoms with Crippen LogP contribution in [0.2, 0.25) is 0 Å². The van der Waals surface area contributed by atoms with Crippen molar-refractivity contribution in [2.75, 3.05) is 7.11 Å². The van der Waals surface area contributed by atoms with Gasteiger partial charge in [0.05, 0.1) is 18.7 Å². The highest BCUT2D eigenvalue weighted by Crippen LogP contribution is 2.34. The normalized spacial score (nSPS) is 16.1. The Morgan fingerprint density at radius 1 is 1.14 bits per heavy atom. The number of para-hydroxylation sites is 1. The van der Waals surface area contributed by atoms with Crippen molar-refractivity contribution in [3.63, 3.8) is 0 Å². The fraction of sp³-hybridized carbons (Fsp3) is 0.273. The fourth-order valence-electron chi connectivity index (χ4n) is 3.24. The Hall–Kier alpha value is -2.80. The van der Waals surface area contributed by atoms with Gasteiger partial charge in [0.25, 0.3) is 0 Å². The molecule has 3 rings (SSSR count). The first-order chi connectivity index (χ1) is 14.0. The van der Waals surface area contributed by atoms with Crippen LogP contribution in [-0.4, -0.2) is 19.1 Å². The molecule has 1 aliphatic heterocycles. The van der Waals surface area contributed by atoms with Crippen molar-refractivity contribution in [2.24, 2.45) is 0 Å². The Bertz CT molecular complexity index is 925. The minimum Gasteiger partial charge on any atom is -0.489 e. The Morgan fingerprint density at radius 2 is 1.86 bits per heavy atom. The quantitative estimate of drug-likeness (QED) is 0.593. The molecule has 152 valence electrons. The zero-order chi connectivity index (χ0) is 20.8. The molecule has 0 fully saturated rings. The maximum Gasteiger partial charge on any atom is 0.337 e. The van der Waals surface area contributed by atoms with E-state index in [1.165, 1.54) is 7.11 Å². The van der Waals surface area contributed by atoms with Gasteiger partial charge in [-0.1, -0.05) is 59.6 Å². The number of benzene rings is 2. The van der Waals surface area contributed by atoms with Crippen LogP contribution in [0.25, 0.3) is 0 Å². The van der Waals surface area contributed by atoms with Crippen molar-refractivity contribution < 1.29 is 19.1 Å². The fourth-order valence-corrected chi connectivity index (χ4v) is 3.51. The molecule has 1 atom stereocenters. The van der Waals surface area contributed by atoms with Crippen LogP contribution >= 0.6 is 15.9 Å². The Balaban J connectivity index is 1.95. The van der Waals surface area contributed by atoms with Gasteiger partial charge in [-0.05, 0) is 30.2 Å². The van der Waals surface area contributed by atoms with Crippen molar-refractivity contribution in [1.29, 1.82) is 0 Å². The average molecular weight is 459 g/mol. The number of halogens is 1. The first-order valence-corrected chi connectivity index (χ1v) is 10.2. The van der Waals surface area contributed by atoms with Gasteiger partial charge in [0, 0.05) is 15.7 Å². The van der Waals surface area contributed by atoms with Gasteiger partial charge in [0.1, 0.15) is 12.4 Å². The number of esters is 1. The predicted octanol–water partition coefficient (Wildman–Crippen LogP) is 4.61. The Morgan fingerprint density at radius 3 is 2.55 bits per heavy atom. The van der Waals surface area contributed by atoms with Crippen LogP contribution in [0.1, 0.15) is 36.9 Å². The van der Waals surface area contributed by atoms with Crippen molar-refractivity contribution in [2.45, 2.75) is 32.4 Å². The maximum atomic E-state index is 12.5. The molecule has 2 aromatic carbocycles. The number of amides is 2. The molecule has 0 saturated carbocycles. The van der Waals surface area contributed by atoms with Gasteiger partial charge in [-0.3, -0.25) is 0 Å². The first-order valence-electron chi connectivity index (χ1n) is 9.38. The third kappa shape index (κ3) is 4.98. The van der Waals surface area contributed by atoms with E-state index in [4.69, 9.17) is 9.47 Å². The van der Waals surface area contributed by atoms with Crippen LogP contribution in [0.15, 0.2) is 64.3 Å². The maximum absolute atomic E-state index is 12.5. The molecular formula is C22H23BrN2O4. The van der Waals surface area contributed by atoms with Gasteiger partial charge in [0.15, 0.2) is 0 Å². The van der Waals surface area contributed by atoms with E-state index < -0.39 is 12.0 Å². The van der Waals surface area contributed by atoms with Crippen LogP contribution in [-0.2, 0) is 16.1 Å². The predicted molar refractivity (Wildman–Crippen MR) is 113 cm³/mol. The van der Waals surface area contributed by atoms with Gasteiger partial charge in [-0.2, -0.15) is 0 Å². The second-order valence-electron chi connectivity index (χ2n) is 6.62. The molecule has 2 amide bonds. The second kappa shape index (κ2) is 9.60. The number of carbonyl (C=O) groups is 2. The summed E-state index contributed by atoms with van der Waals surface area (Å²) in [6.07, 6.45) is 1.35. The molecule has 7 heteroatoms. The molecule has 1 heterocycles. The lowest BCUT2D eigenvalue weighted by Gasteiger charge is -2.30. The van der Waals surface area contributed by atoms with Gasteiger partial charge in [-0.25, -0.2) is 9.59 Å². The Labute approximate surface area is 178 Å². The summed E-state index contributed by atoms with van der Waals surface area (Å²) in [5, 5.41) is 5.59. The molecule has 0 saturated heterocycles. The number of hydrogen-bond donors (Lipinski definition) is 2. The van der Waals surface area contributed by atoms with Crippen molar-refractivity contribution in [1.82, 2.24) is 10.6 Å². The summed E-state index contributed by atoms with van der Waals surface area (Å²) in [5.41, 5.74) is 2.69. The summed E-state index contributed by atoms with van der Waals surface area (Å²) < 4.78 is 12.0. The van der Waals surface area contributed by atoms with E-state index in [1.807, 2.05) is 55.5 Å². The Kier molecular flexibility index (Phi) is 6.93. The first kappa shape index (κ1) is 20.9. The van der Waals surface area contributed by atoms with E-state index in [1.54, 1.807) is 0 Å². The number of rotatable bonds is 7. The SMILES string of the molecule is CCCC1=C(C(=O)OC)C(c2ccccc2OCc2ccc(Br)cc2)NC(=O)N1. The zero-order valence-corrected chi connectivity index (χ0v) is 17.9. The van der Waals surface area contributed by atoms with E-state index >= 15 is 0 Å². The molecule has 6 nitrogen and oxygen atoms in total. The largest absolute Gasteiger partial charge is 0.489 e. The third-order valence-electron chi connectivity index (χ3n) is 4.60. The van der Waals surface area contributed by atoms with Crippen molar-refractivity contribution in [3.8, 4) is 5.75 Å². The number of ether oxygens (including phenoxy) is 2. The van der Waals surface area contributed by atoms with Crippen LogP contribution in [0.4, 0.5) is 4.79 Å². The summed E-state index contributed by atoms with van der Waals surface area (Å²) in [7, 11) is 1.34. The topological polar surface area (TPSA) is 76.7 Å². The third-order valence-corrected chi connectivity index (χ3v) is 5.13. The molecule has 0 bridgehead atoms. The molecular weight excluding hydrogens is 436 g/mol. The molecule has 2 aromatic rings. The summed E-state index contributed by atoms with van der Waals surface area (Å²) in [4.78, 5) is 24.8. The van der Waals surface area contributed by atoms with Crippen LogP contribution < -0.4 is 15.4 Å². The van der Waals surface area contributed by atoms with Gasteiger partial charge in [-0.15, -0.1) is 0 Å². The van der Waals surface area contributed by atoms with E-state index in [-0.39, 0.29) is 6.03 Å². The highest BCUT2D eigenvalue weighted by atomic mass is 79.9. The monoisotopic (exact) mass is 458 g/mol. The van der Waals surface area contributed by atoms with Crippen molar-refractivity contribution in [3.05, 3.63) is 75.4 Å². The molecule has 2 N–H and O–H groups in total. The summed E-state index contributed by atoms with van der Waals surface area (Å²) in [6.45, 7) is 2.35. The number of urea groups is 1. The molecule has 29 heavy (non-hydrogen) atoms. The molecule has 1 unspecified atom stereocenters. The number of nitrogens with one attached hydrogen (secondary N) is 2. The average Bonchev–Trinajstić information content (AvgIpc) is 2.73. The summed E-state index contributed by atoms with van der Waals surface area (Å²) in [6, 6.07) is 14.2. The van der Waals surface area contributed by atoms with E-state index in [9.17, 15) is 9.59 Å². The minimum atomic E-state index is -0.654. The second-order valence-corrected chi connectivity index (χ2v) is 7.53. The van der Waals surface area contributed by atoms with Crippen LogP contribution in [0.5, 0.6) is 5.75 Å². The summed E-state index contributed by atoms with van der Waals surface area (Å²) in [5.74, 6) is 0.119. The number of methoxy groups -OCH3 is 1. The summed E-state index contributed by atoms with van der Waals surface area (Å²) >= 11 is 3.42. The highest BCUT2D eigenvalue weighted by Gasteiger charge is 2.34. The number of hydrogen-bond acceptors (Lipinski definition) is 4. The van der Waals surface area contributed by atoms with Crippen LogP contribution in [0.3, 0.4) is 0 Å². The lowest BCUT2D eigenvalue weighted by atomic mass is 9.93. The van der Waals surface area contributed by atoms with Gasteiger partial charge in [0.2, 0.25) is 0 Å². The molecule has 0 aromatic heterocycles. The minimum absolute atomic E-state index is 0.353. The lowest BCUT2D eigenvalue weighted by Crippen LogP contribution is -2.46. The molecule has 0 radical (unpaired) electrons. The van der Waals surface area contributed by atoms with Crippen LogP contribution in [0, 0.1) is 0 Å². The highest BCUT2D eigenvalue weighted by molar-refractivity contribution is 9.10. The lowest BCUT2D eigenvalue weighted by molar-refractivity contribution is -0.136. The zero-order valence-electron chi connectivity index (χ0n) is 16.3. The van der Waals surface area contributed by atoms with Gasteiger partial charge < -0.3 is 20.1 Å². The molecule has 1 aliphatic rings. The van der Waals surface area contributed by atoms with E-state index in [0.717, 1.165) is 16.5 Å². The van der Waals surface area contributed by atoms with E-state index in [2.05, 4.69) is 26.6 Å². The van der Waals surface area contributed by atoms with Gasteiger partial charge >= 0.3 is 12.0 Å². The molecule has 0 spiro atoms. The number of allylic oxidation sites excluding steroid dienone is 1.